The molecule has 0 aromatic rings. The first kappa shape index (κ1) is 17.8. The highest BCUT2D eigenvalue weighted by Crippen LogP contribution is 2.73. The van der Waals surface area contributed by atoms with Gasteiger partial charge in [-0.25, -0.2) is 0 Å². The van der Waals surface area contributed by atoms with E-state index in [1.807, 2.05) is 13.8 Å². The molecule has 1 heterocycles. The molecule has 1 spiro atoms. The summed E-state index contributed by atoms with van der Waals surface area (Å²) in [6.45, 7) is 7.25. The Kier molecular flexibility index (Phi) is 2.98. The number of aliphatic hydroxyl groups is 5. The van der Waals surface area contributed by atoms with Gasteiger partial charge in [0.25, 0.3) is 0 Å². The Balaban J connectivity index is 1.68. The highest BCUT2D eigenvalue weighted by atomic mass is 16.6. The zero-order valence-electron chi connectivity index (χ0n) is 16.1. The van der Waals surface area contributed by atoms with Gasteiger partial charge in [-0.1, -0.05) is 13.8 Å². The second-order valence-electron chi connectivity index (χ2n) is 11.1. The molecule has 148 valence electrons. The Labute approximate surface area is 154 Å². The van der Waals surface area contributed by atoms with Gasteiger partial charge in [0.1, 0.15) is 5.60 Å². The molecule has 2 bridgehead atoms. The Morgan fingerprint density at radius 2 is 1.62 bits per heavy atom. The van der Waals surface area contributed by atoms with Crippen molar-refractivity contribution in [3.63, 3.8) is 0 Å². The van der Waals surface area contributed by atoms with Crippen LogP contribution in [0.2, 0.25) is 0 Å². The summed E-state index contributed by atoms with van der Waals surface area (Å²) in [4.78, 5) is 0. The number of hydrogen-bond acceptors (Lipinski definition) is 6. The molecule has 4 aliphatic carbocycles. The molecule has 1 saturated heterocycles. The van der Waals surface area contributed by atoms with E-state index in [9.17, 15) is 25.5 Å². The molecule has 5 aliphatic rings. The van der Waals surface area contributed by atoms with Crippen LogP contribution in [0.3, 0.4) is 0 Å². The van der Waals surface area contributed by atoms with Gasteiger partial charge in [0.15, 0.2) is 0 Å². The Hall–Kier alpha value is -0.240. The molecule has 0 aromatic carbocycles. The molecule has 4 saturated carbocycles. The zero-order chi connectivity index (χ0) is 19.1. The lowest BCUT2D eigenvalue weighted by molar-refractivity contribution is -0.222. The van der Waals surface area contributed by atoms with Crippen molar-refractivity contribution in [3.8, 4) is 0 Å². The minimum absolute atomic E-state index is 0.153. The van der Waals surface area contributed by atoms with Gasteiger partial charge in [0, 0.05) is 11.3 Å². The predicted molar refractivity (Wildman–Crippen MR) is 92.1 cm³/mol. The first-order valence-corrected chi connectivity index (χ1v) is 9.96. The van der Waals surface area contributed by atoms with Crippen LogP contribution >= 0.6 is 0 Å². The normalized spacial score (nSPS) is 68.0. The lowest BCUT2D eigenvalue weighted by Gasteiger charge is -2.51. The van der Waals surface area contributed by atoms with Crippen LogP contribution in [0.25, 0.3) is 0 Å². The Morgan fingerprint density at radius 3 is 2.27 bits per heavy atom. The molecule has 6 heteroatoms. The minimum Gasteiger partial charge on any atom is -0.390 e. The maximum Gasteiger partial charge on any atom is 0.106 e. The van der Waals surface area contributed by atoms with E-state index in [2.05, 4.69) is 0 Å². The van der Waals surface area contributed by atoms with Crippen LogP contribution < -0.4 is 0 Å². The fourth-order valence-electron chi connectivity index (χ4n) is 8.19. The minimum atomic E-state index is -1.46. The van der Waals surface area contributed by atoms with E-state index in [0.717, 1.165) is 0 Å². The summed E-state index contributed by atoms with van der Waals surface area (Å²) in [6, 6.07) is 0. The van der Waals surface area contributed by atoms with Crippen molar-refractivity contribution in [2.45, 2.75) is 101 Å². The molecule has 5 rings (SSSR count). The first-order valence-electron chi connectivity index (χ1n) is 9.96. The third kappa shape index (κ3) is 1.64. The van der Waals surface area contributed by atoms with Gasteiger partial charge in [-0.3, -0.25) is 0 Å². The lowest BCUT2D eigenvalue weighted by atomic mass is 9.58. The van der Waals surface area contributed by atoms with Crippen LogP contribution in [-0.2, 0) is 4.74 Å². The average molecular weight is 368 g/mol. The maximum absolute atomic E-state index is 11.8. The van der Waals surface area contributed by atoms with E-state index in [1.165, 1.54) is 0 Å². The number of epoxide rings is 1. The fraction of sp³-hybridized carbons (Fsp3) is 1.00. The number of fused-ring (bicyclic) bond motifs is 4. The molecule has 0 radical (unpaired) electrons. The second kappa shape index (κ2) is 4.34. The van der Waals surface area contributed by atoms with Gasteiger partial charge in [-0.15, -0.1) is 0 Å². The van der Waals surface area contributed by atoms with Crippen molar-refractivity contribution in [1.29, 1.82) is 0 Å². The molecule has 0 amide bonds. The number of hydrogen-bond donors (Lipinski definition) is 5. The van der Waals surface area contributed by atoms with E-state index in [-0.39, 0.29) is 24.5 Å². The molecule has 10 unspecified atom stereocenters. The molecular weight excluding hydrogens is 336 g/mol. The highest BCUT2D eigenvalue weighted by molar-refractivity contribution is 5.31. The smallest absolute Gasteiger partial charge is 0.106 e. The monoisotopic (exact) mass is 368 g/mol. The highest BCUT2D eigenvalue weighted by Gasteiger charge is 2.82. The molecule has 5 fully saturated rings. The largest absolute Gasteiger partial charge is 0.390 e. The van der Waals surface area contributed by atoms with Crippen LogP contribution in [0, 0.1) is 22.7 Å². The Morgan fingerprint density at radius 1 is 0.962 bits per heavy atom. The van der Waals surface area contributed by atoms with Crippen molar-refractivity contribution >= 4 is 0 Å². The summed E-state index contributed by atoms with van der Waals surface area (Å²) in [5.41, 5.74) is -6.43. The van der Waals surface area contributed by atoms with Crippen LogP contribution in [-0.4, -0.2) is 66.2 Å². The molecule has 0 aromatic heterocycles. The van der Waals surface area contributed by atoms with Crippen molar-refractivity contribution in [3.05, 3.63) is 0 Å². The SMILES string of the molecule is CC1(O)C2CCC3(O)CC2(CC(O)C2(O)C1C1OC1C2(C)C)CC3(C)O. The van der Waals surface area contributed by atoms with E-state index >= 15 is 0 Å². The summed E-state index contributed by atoms with van der Waals surface area (Å²) < 4.78 is 5.83. The Bertz CT molecular complexity index is 669. The van der Waals surface area contributed by atoms with Gasteiger partial charge < -0.3 is 30.3 Å². The first-order chi connectivity index (χ1) is 11.7. The van der Waals surface area contributed by atoms with Gasteiger partial charge in [0.05, 0.1) is 35.1 Å². The molecule has 6 nitrogen and oxygen atoms in total. The molecule has 10 atom stereocenters. The standard InChI is InChI=1S/C20H32O6/c1-15(2)14-12(26-14)13-17(4,23)10-5-6-19(24)9-18(10,8-16(19,3)22)7-11(21)20(13,15)25/h10-14,21-25H,5-9H2,1-4H3. The number of aliphatic hydroxyl groups excluding tert-OH is 1. The van der Waals surface area contributed by atoms with Crippen LogP contribution in [0.15, 0.2) is 0 Å². The second-order valence-corrected chi connectivity index (χ2v) is 11.1. The van der Waals surface area contributed by atoms with E-state index in [4.69, 9.17) is 4.74 Å². The summed E-state index contributed by atoms with van der Waals surface area (Å²) in [6.07, 6.45) is 0.500. The topological polar surface area (TPSA) is 114 Å². The number of ether oxygens (including phenoxy) is 1. The molecule has 1 aliphatic heterocycles. The summed E-state index contributed by atoms with van der Waals surface area (Å²) in [5, 5.41) is 56.8. The zero-order valence-corrected chi connectivity index (χ0v) is 16.1. The van der Waals surface area contributed by atoms with Crippen molar-refractivity contribution < 1.29 is 30.3 Å². The average Bonchev–Trinajstić information content (AvgIpc) is 3.18. The van der Waals surface area contributed by atoms with Crippen molar-refractivity contribution in [1.82, 2.24) is 0 Å². The summed E-state index contributed by atoms with van der Waals surface area (Å²) in [7, 11) is 0. The quantitative estimate of drug-likeness (QED) is 0.394. The maximum atomic E-state index is 11.8. The fourth-order valence-corrected chi connectivity index (χ4v) is 8.19. The van der Waals surface area contributed by atoms with E-state index < -0.39 is 45.3 Å². The van der Waals surface area contributed by atoms with Crippen LogP contribution in [0.5, 0.6) is 0 Å². The van der Waals surface area contributed by atoms with Gasteiger partial charge >= 0.3 is 0 Å². The molecule has 5 N–H and O–H groups in total. The molecule has 26 heavy (non-hydrogen) atoms. The van der Waals surface area contributed by atoms with Crippen molar-refractivity contribution in [2.75, 3.05) is 0 Å². The predicted octanol–water partition coefficient (Wildman–Crippen LogP) is 0.329. The molecular formula is C20H32O6. The number of rotatable bonds is 0. The third-order valence-corrected chi connectivity index (χ3v) is 9.44. The van der Waals surface area contributed by atoms with Crippen LogP contribution in [0.4, 0.5) is 0 Å². The van der Waals surface area contributed by atoms with E-state index in [1.54, 1.807) is 13.8 Å². The third-order valence-electron chi connectivity index (χ3n) is 9.44. The van der Waals surface area contributed by atoms with Gasteiger partial charge in [-0.2, -0.15) is 0 Å². The summed E-state index contributed by atoms with van der Waals surface area (Å²) in [5.74, 6) is -0.789. The van der Waals surface area contributed by atoms with Crippen molar-refractivity contribution in [2.24, 2.45) is 22.7 Å². The van der Waals surface area contributed by atoms with Gasteiger partial charge in [-0.05, 0) is 57.3 Å². The van der Waals surface area contributed by atoms with Gasteiger partial charge in [0.2, 0.25) is 0 Å². The van der Waals surface area contributed by atoms with E-state index in [0.29, 0.717) is 25.7 Å². The summed E-state index contributed by atoms with van der Waals surface area (Å²) >= 11 is 0. The lowest BCUT2D eigenvalue weighted by Crippen LogP contribution is -2.63. The van der Waals surface area contributed by atoms with Crippen LogP contribution in [0.1, 0.15) is 59.8 Å².